The monoisotopic (exact) mass is 740 g/mol. The van der Waals surface area contributed by atoms with Gasteiger partial charge in [-0.05, 0) is 72.6 Å². The zero-order valence-corrected chi connectivity index (χ0v) is 32.9. The summed E-state index contributed by atoms with van der Waals surface area (Å²) in [5.41, 5.74) is -0.531. The molecule has 0 aromatic carbocycles. The number of morpholine rings is 1. The Morgan fingerprint density at radius 1 is 0.846 bits per heavy atom. The predicted molar refractivity (Wildman–Crippen MR) is 208 cm³/mol. The van der Waals surface area contributed by atoms with Crippen LogP contribution < -0.4 is 9.64 Å². The predicted octanol–water partition coefficient (Wildman–Crippen LogP) is 7.72. The van der Waals surface area contributed by atoms with E-state index in [0.717, 1.165) is 50.3 Å². The van der Waals surface area contributed by atoms with E-state index in [2.05, 4.69) is 76.4 Å². The summed E-state index contributed by atoms with van der Waals surface area (Å²) < 4.78 is 31.2. The number of esters is 2. The van der Waals surface area contributed by atoms with Crippen LogP contribution in [0.2, 0.25) is 0 Å². The molecule has 0 aliphatic carbocycles. The highest BCUT2D eigenvalue weighted by Gasteiger charge is 2.31. The first kappa shape index (κ1) is 44.1. The lowest BCUT2D eigenvalue weighted by molar-refractivity contribution is -0.173. The van der Waals surface area contributed by atoms with Gasteiger partial charge < -0.3 is 28.7 Å². The molecule has 1 aliphatic heterocycles. The van der Waals surface area contributed by atoms with E-state index in [9.17, 15) is 14.4 Å². The molecule has 2 atom stereocenters. The van der Waals surface area contributed by atoms with E-state index in [0.29, 0.717) is 44.4 Å². The van der Waals surface area contributed by atoms with Crippen molar-refractivity contribution in [1.82, 2.24) is 13.6 Å². The van der Waals surface area contributed by atoms with Gasteiger partial charge in [0, 0.05) is 32.0 Å². The maximum absolute atomic E-state index is 13.1. The van der Waals surface area contributed by atoms with E-state index in [4.69, 9.17) is 18.9 Å². The van der Waals surface area contributed by atoms with Gasteiger partial charge >= 0.3 is 11.9 Å². The number of amides is 1. The van der Waals surface area contributed by atoms with Crippen molar-refractivity contribution in [3.8, 4) is 5.88 Å². The van der Waals surface area contributed by atoms with Crippen molar-refractivity contribution < 1.29 is 33.3 Å². The third-order valence-electron chi connectivity index (χ3n) is 7.77. The van der Waals surface area contributed by atoms with Gasteiger partial charge in [-0.1, -0.05) is 79.8 Å². The minimum atomic E-state index is -1.13. The molecule has 288 valence electrons. The Morgan fingerprint density at radius 2 is 1.38 bits per heavy atom. The third kappa shape index (κ3) is 19.0. The first-order valence-electron chi connectivity index (χ1n) is 18.4. The normalized spacial score (nSPS) is 15.5. The van der Waals surface area contributed by atoms with Crippen molar-refractivity contribution in [2.75, 3.05) is 44.4 Å². The van der Waals surface area contributed by atoms with Crippen LogP contribution in [-0.4, -0.2) is 88.7 Å². The minimum Gasteiger partial charge on any atom is -0.470 e. The SMILES string of the molecule is CC/C=C\C/C=C\C/C=C\C/C=C\C/C=C\C/C=C\CCC(=O)OC(C)C(=O)O[C@H](COc1nsnc1N1CCOCC1)CN(C(C)=O)C(C)(C)C. The number of aromatic nitrogens is 2. The molecule has 11 nitrogen and oxygen atoms in total. The first-order chi connectivity index (χ1) is 25.0. The second-order valence-corrected chi connectivity index (χ2v) is 13.8. The van der Waals surface area contributed by atoms with E-state index in [1.54, 1.807) is 4.90 Å². The summed E-state index contributed by atoms with van der Waals surface area (Å²) in [6, 6.07) is 0. The smallest absolute Gasteiger partial charge is 0.347 e. The number of nitrogens with zero attached hydrogens (tertiary/aromatic N) is 4. The molecule has 1 aromatic heterocycles. The summed E-state index contributed by atoms with van der Waals surface area (Å²) in [5, 5.41) is 0. The van der Waals surface area contributed by atoms with Gasteiger partial charge in [0.25, 0.3) is 5.88 Å². The van der Waals surface area contributed by atoms with Crippen LogP contribution >= 0.6 is 11.7 Å². The molecular formula is C40H60N4O7S. The summed E-state index contributed by atoms with van der Waals surface area (Å²) in [6.45, 7) is 13.3. The third-order valence-corrected chi connectivity index (χ3v) is 8.27. The fourth-order valence-electron chi connectivity index (χ4n) is 5.01. The Labute approximate surface area is 315 Å². The second-order valence-electron chi connectivity index (χ2n) is 13.2. The highest BCUT2D eigenvalue weighted by atomic mass is 32.1. The molecule has 0 N–H and O–H groups in total. The molecule has 1 unspecified atom stereocenters. The highest BCUT2D eigenvalue weighted by Crippen LogP contribution is 2.27. The van der Waals surface area contributed by atoms with Gasteiger partial charge in [0.1, 0.15) is 6.61 Å². The molecule has 2 rings (SSSR count). The van der Waals surface area contributed by atoms with Gasteiger partial charge in [-0.25, -0.2) is 4.79 Å². The Kier molecular flexibility index (Phi) is 21.9. The van der Waals surface area contributed by atoms with Crippen LogP contribution in [0.25, 0.3) is 0 Å². The molecule has 1 amide bonds. The van der Waals surface area contributed by atoms with E-state index in [-0.39, 0.29) is 25.5 Å². The summed E-state index contributed by atoms with van der Waals surface area (Å²) in [5.74, 6) is -0.468. The van der Waals surface area contributed by atoms with Gasteiger partial charge in [0.2, 0.25) is 11.7 Å². The average Bonchev–Trinajstić information content (AvgIpc) is 3.58. The molecule has 0 spiro atoms. The van der Waals surface area contributed by atoms with Crippen molar-refractivity contribution in [3.63, 3.8) is 0 Å². The average molecular weight is 741 g/mol. The van der Waals surface area contributed by atoms with Crippen LogP contribution in [0.15, 0.2) is 72.9 Å². The molecule has 0 radical (unpaired) electrons. The summed E-state index contributed by atoms with van der Waals surface area (Å²) in [7, 11) is 0. The van der Waals surface area contributed by atoms with Crippen molar-refractivity contribution >= 4 is 35.4 Å². The van der Waals surface area contributed by atoms with Gasteiger partial charge in [0.05, 0.1) is 31.5 Å². The molecule has 1 fully saturated rings. The Balaban J connectivity index is 1.76. The van der Waals surface area contributed by atoms with Crippen LogP contribution in [0.3, 0.4) is 0 Å². The van der Waals surface area contributed by atoms with Crippen LogP contribution in [0.5, 0.6) is 5.88 Å². The van der Waals surface area contributed by atoms with Crippen molar-refractivity contribution in [2.45, 2.75) is 111 Å². The molecule has 1 aromatic rings. The molecule has 1 aliphatic rings. The number of ether oxygens (including phenoxy) is 4. The molecule has 0 saturated carbocycles. The fourth-order valence-corrected chi connectivity index (χ4v) is 5.53. The molecule has 52 heavy (non-hydrogen) atoms. The summed E-state index contributed by atoms with van der Waals surface area (Å²) in [6.07, 6.45) is 29.8. The maximum Gasteiger partial charge on any atom is 0.347 e. The van der Waals surface area contributed by atoms with Crippen LogP contribution in [-0.2, 0) is 28.6 Å². The van der Waals surface area contributed by atoms with Gasteiger partial charge in [-0.3, -0.25) is 9.59 Å². The largest absolute Gasteiger partial charge is 0.470 e. The number of hydrogen-bond donors (Lipinski definition) is 0. The Bertz CT molecular complexity index is 1370. The summed E-state index contributed by atoms with van der Waals surface area (Å²) >= 11 is 1.03. The number of allylic oxidation sites excluding steroid dienone is 12. The number of anilines is 1. The van der Waals surface area contributed by atoms with E-state index in [1.807, 2.05) is 37.8 Å². The van der Waals surface area contributed by atoms with E-state index in [1.165, 1.54) is 13.8 Å². The van der Waals surface area contributed by atoms with Crippen LogP contribution in [0.4, 0.5) is 5.82 Å². The molecule has 0 bridgehead atoms. The lowest BCUT2D eigenvalue weighted by atomic mass is 10.1. The lowest BCUT2D eigenvalue weighted by Crippen LogP contribution is -2.50. The zero-order valence-electron chi connectivity index (χ0n) is 32.0. The summed E-state index contributed by atoms with van der Waals surface area (Å²) in [4.78, 5) is 41.7. The number of rotatable bonds is 23. The van der Waals surface area contributed by atoms with Gasteiger partial charge in [-0.2, -0.15) is 4.37 Å². The van der Waals surface area contributed by atoms with Gasteiger partial charge in [0.15, 0.2) is 12.2 Å². The minimum absolute atomic E-state index is 0.0717. The quantitative estimate of drug-likeness (QED) is 0.0815. The topological polar surface area (TPSA) is 120 Å². The van der Waals surface area contributed by atoms with Crippen molar-refractivity contribution in [2.24, 2.45) is 0 Å². The number of hydrogen-bond acceptors (Lipinski definition) is 11. The lowest BCUT2D eigenvalue weighted by Gasteiger charge is -2.37. The van der Waals surface area contributed by atoms with Crippen LogP contribution in [0, 0.1) is 0 Å². The van der Waals surface area contributed by atoms with E-state index < -0.39 is 29.7 Å². The van der Waals surface area contributed by atoms with Crippen LogP contribution in [0.1, 0.15) is 92.9 Å². The van der Waals surface area contributed by atoms with Crippen molar-refractivity contribution in [1.29, 1.82) is 0 Å². The van der Waals surface area contributed by atoms with E-state index >= 15 is 0 Å². The van der Waals surface area contributed by atoms with Gasteiger partial charge in [-0.15, -0.1) is 4.37 Å². The Morgan fingerprint density at radius 3 is 1.90 bits per heavy atom. The molecule has 12 heteroatoms. The highest BCUT2D eigenvalue weighted by molar-refractivity contribution is 6.99. The standard InChI is InChI=1S/C40H60N4O7S/c1-7-8-9-10-11-12-13-14-15-16-17-18-19-20-21-22-23-24-25-26-36(46)50-33(2)39(47)51-35(31-44(34(3)45)40(4,5)6)32-49-38-37(41-52-42-38)43-27-29-48-30-28-43/h8-9,11-12,14-15,17-18,20-21,23-24,33,35H,7,10,13,16,19,22,25-32H2,1-6H3/b9-8-,12-11-,15-14-,18-17-,21-20-,24-23-/t33?,35-/m0/s1. The number of carbonyl (C=O) groups is 3. The molecule has 2 heterocycles. The molecule has 1 saturated heterocycles. The maximum atomic E-state index is 13.1. The first-order valence-corrected chi connectivity index (χ1v) is 19.1. The molecular weight excluding hydrogens is 681 g/mol. The second kappa shape index (κ2) is 25.8. The zero-order chi connectivity index (χ0) is 38.0. The number of carbonyl (C=O) groups excluding carboxylic acids is 3. The van der Waals surface area contributed by atoms with Crippen molar-refractivity contribution in [3.05, 3.63) is 72.9 Å². The fraction of sp³-hybridized carbons (Fsp3) is 0.575. The Hall–Kier alpha value is -4.03.